The number of amides is 2. The second-order valence-corrected chi connectivity index (χ2v) is 9.66. The smallest absolute Gasteiger partial charge is 0.255 e. The van der Waals surface area contributed by atoms with E-state index >= 15 is 0 Å². The van der Waals surface area contributed by atoms with Gasteiger partial charge in [0.1, 0.15) is 5.76 Å². The van der Waals surface area contributed by atoms with Crippen LogP contribution in [0.1, 0.15) is 16.1 Å². The molecule has 0 bridgehead atoms. The van der Waals surface area contributed by atoms with Crippen LogP contribution in [0.15, 0.2) is 76.2 Å². The molecule has 0 atom stereocenters. The highest BCUT2D eigenvalue weighted by atomic mass is 32.2. The third-order valence-electron chi connectivity index (χ3n) is 5.34. The van der Waals surface area contributed by atoms with Gasteiger partial charge in [0.25, 0.3) is 5.91 Å². The maximum Gasteiger partial charge on any atom is 0.255 e. The van der Waals surface area contributed by atoms with Crippen molar-refractivity contribution in [3.63, 3.8) is 0 Å². The summed E-state index contributed by atoms with van der Waals surface area (Å²) in [5, 5.41) is 5.59. The average Bonchev–Trinajstić information content (AvgIpc) is 3.39. The van der Waals surface area contributed by atoms with Crippen molar-refractivity contribution in [2.45, 2.75) is 11.4 Å². The van der Waals surface area contributed by atoms with Crippen molar-refractivity contribution in [1.29, 1.82) is 0 Å². The summed E-state index contributed by atoms with van der Waals surface area (Å²) in [6.07, 6.45) is 1.47. The minimum Gasteiger partial charge on any atom is -0.468 e. The first kappa shape index (κ1) is 24.6. The Bertz CT molecular complexity index is 1240. The summed E-state index contributed by atoms with van der Waals surface area (Å²) in [6, 6.07) is 15.7. The number of furan rings is 1. The second kappa shape index (κ2) is 11.3. The van der Waals surface area contributed by atoms with Gasteiger partial charge in [0.15, 0.2) is 0 Å². The zero-order valence-corrected chi connectivity index (χ0v) is 19.7. The number of hydrogen-bond acceptors (Lipinski definition) is 7. The normalized spacial score (nSPS) is 14.4. The Balaban J connectivity index is 1.29. The van der Waals surface area contributed by atoms with Crippen LogP contribution in [0.3, 0.4) is 0 Å². The molecule has 1 aromatic heterocycles. The molecular weight excluding hydrogens is 472 g/mol. The highest BCUT2D eigenvalue weighted by Gasteiger charge is 2.16. The van der Waals surface area contributed by atoms with E-state index in [4.69, 9.17) is 9.15 Å². The molecule has 35 heavy (non-hydrogen) atoms. The van der Waals surface area contributed by atoms with Crippen molar-refractivity contribution in [1.82, 2.24) is 9.62 Å². The molecule has 184 valence electrons. The third kappa shape index (κ3) is 6.99. The molecule has 3 aromatic rings. The molecule has 0 unspecified atom stereocenters. The molecule has 2 heterocycles. The van der Waals surface area contributed by atoms with Crippen LogP contribution in [-0.4, -0.2) is 58.0 Å². The molecule has 3 N–H and O–H groups in total. The molecular formula is C24H26N4O6S. The first-order chi connectivity index (χ1) is 16.9. The Morgan fingerprint density at radius 2 is 1.54 bits per heavy atom. The van der Waals surface area contributed by atoms with Crippen molar-refractivity contribution in [3.05, 3.63) is 78.3 Å². The standard InChI is InChI=1S/C24H26N4O6S/c29-23(17-28-11-14-33-15-12-28)26-19-5-7-20(8-6-19)27-24(30)18-3-9-22(10-4-18)35(31,32)25-16-21-2-1-13-34-21/h1-10,13,25H,11-12,14-17H2,(H,26,29)(H,27,30). The van der Waals surface area contributed by atoms with E-state index in [0.29, 0.717) is 42.5 Å². The number of anilines is 2. The van der Waals surface area contributed by atoms with Crippen LogP contribution in [0.4, 0.5) is 11.4 Å². The number of sulfonamides is 1. The highest BCUT2D eigenvalue weighted by molar-refractivity contribution is 7.89. The van der Waals surface area contributed by atoms with Gasteiger partial charge in [-0.2, -0.15) is 0 Å². The summed E-state index contributed by atoms with van der Waals surface area (Å²) < 4.78 is 37.7. The number of ether oxygens (including phenoxy) is 1. The lowest BCUT2D eigenvalue weighted by molar-refractivity contribution is -0.118. The van der Waals surface area contributed by atoms with Crippen molar-refractivity contribution in [2.24, 2.45) is 0 Å². The summed E-state index contributed by atoms with van der Waals surface area (Å²) in [5.74, 6) is -0.00812. The largest absolute Gasteiger partial charge is 0.468 e. The molecule has 1 aliphatic heterocycles. The number of nitrogens with zero attached hydrogens (tertiary/aromatic N) is 1. The Labute approximate surface area is 203 Å². The Kier molecular flexibility index (Phi) is 7.93. The molecule has 2 aromatic carbocycles. The quantitative estimate of drug-likeness (QED) is 0.413. The molecule has 4 rings (SSSR count). The number of hydrogen-bond donors (Lipinski definition) is 3. The maximum absolute atomic E-state index is 12.6. The van der Waals surface area contributed by atoms with E-state index in [1.54, 1.807) is 36.4 Å². The topological polar surface area (TPSA) is 130 Å². The predicted molar refractivity (Wildman–Crippen MR) is 129 cm³/mol. The number of carbonyl (C=O) groups is 2. The number of carbonyl (C=O) groups excluding carboxylic acids is 2. The first-order valence-electron chi connectivity index (χ1n) is 11.0. The lowest BCUT2D eigenvalue weighted by Crippen LogP contribution is -2.41. The Morgan fingerprint density at radius 1 is 0.886 bits per heavy atom. The van der Waals surface area contributed by atoms with Crippen molar-refractivity contribution in [3.8, 4) is 0 Å². The van der Waals surface area contributed by atoms with Gasteiger partial charge in [-0.25, -0.2) is 13.1 Å². The molecule has 1 aliphatic rings. The van der Waals surface area contributed by atoms with Crippen LogP contribution in [-0.2, 0) is 26.1 Å². The van der Waals surface area contributed by atoms with Gasteiger partial charge in [0.05, 0.1) is 37.5 Å². The second-order valence-electron chi connectivity index (χ2n) is 7.90. The fraction of sp³-hybridized carbons (Fsp3) is 0.250. The summed E-state index contributed by atoms with van der Waals surface area (Å²) >= 11 is 0. The monoisotopic (exact) mass is 498 g/mol. The molecule has 0 saturated carbocycles. The molecule has 10 nitrogen and oxygen atoms in total. The van der Waals surface area contributed by atoms with Crippen LogP contribution < -0.4 is 15.4 Å². The van der Waals surface area contributed by atoms with Gasteiger partial charge in [-0.05, 0) is 60.7 Å². The molecule has 1 fully saturated rings. The fourth-order valence-corrected chi connectivity index (χ4v) is 4.44. The first-order valence-corrected chi connectivity index (χ1v) is 12.5. The number of nitrogens with one attached hydrogen (secondary N) is 3. The van der Waals surface area contributed by atoms with Crippen LogP contribution in [0.25, 0.3) is 0 Å². The molecule has 0 aliphatic carbocycles. The summed E-state index contributed by atoms with van der Waals surface area (Å²) in [4.78, 5) is 26.8. The van der Waals surface area contributed by atoms with Crippen molar-refractivity contribution < 1.29 is 27.2 Å². The maximum atomic E-state index is 12.6. The minimum atomic E-state index is -3.75. The zero-order chi connectivity index (χ0) is 24.7. The molecule has 0 radical (unpaired) electrons. The van der Waals surface area contributed by atoms with Crippen LogP contribution in [0, 0.1) is 0 Å². The van der Waals surface area contributed by atoms with Gasteiger partial charge in [-0.1, -0.05) is 0 Å². The van der Waals surface area contributed by atoms with E-state index < -0.39 is 10.0 Å². The van der Waals surface area contributed by atoms with E-state index in [0.717, 1.165) is 13.1 Å². The molecule has 0 spiro atoms. The number of benzene rings is 2. The predicted octanol–water partition coefficient (Wildman–Crippen LogP) is 2.28. The SMILES string of the molecule is O=C(CN1CCOCC1)Nc1ccc(NC(=O)c2ccc(S(=O)(=O)NCc3ccco3)cc2)cc1. The summed E-state index contributed by atoms with van der Waals surface area (Å²) in [6.45, 7) is 3.04. The third-order valence-corrected chi connectivity index (χ3v) is 6.76. The van der Waals surface area contributed by atoms with E-state index in [1.165, 1.54) is 30.5 Å². The zero-order valence-electron chi connectivity index (χ0n) is 18.9. The van der Waals surface area contributed by atoms with Gasteiger partial charge < -0.3 is 19.8 Å². The van der Waals surface area contributed by atoms with Gasteiger partial charge in [-0.3, -0.25) is 14.5 Å². The van der Waals surface area contributed by atoms with E-state index in [1.807, 2.05) is 4.90 Å². The summed E-state index contributed by atoms with van der Waals surface area (Å²) in [7, 11) is -3.75. The van der Waals surface area contributed by atoms with Crippen molar-refractivity contribution >= 4 is 33.2 Å². The number of rotatable bonds is 9. The lowest BCUT2D eigenvalue weighted by Gasteiger charge is -2.25. The van der Waals surface area contributed by atoms with Gasteiger partial charge in [0, 0.05) is 30.0 Å². The minimum absolute atomic E-state index is 0.0290. The van der Waals surface area contributed by atoms with Crippen molar-refractivity contribution in [2.75, 3.05) is 43.5 Å². The number of morpholine rings is 1. The average molecular weight is 499 g/mol. The molecule has 1 saturated heterocycles. The Hall–Kier alpha value is -3.51. The Morgan fingerprint density at radius 3 is 2.17 bits per heavy atom. The van der Waals surface area contributed by atoms with Crippen LogP contribution in [0.5, 0.6) is 0 Å². The fourth-order valence-electron chi connectivity index (χ4n) is 3.45. The van der Waals surface area contributed by atoms with Crippen LogP contribution in [0.2, 0.25) is 0 Å². The van der Waals surface area contributed by atoms with E-state index in [2.05, 4.69) is 15.4 Å². The van der Waals surface area contributed by atoms with Gasteiger partial charge in [0.2, 0.25) is 15.9 Å². The molecule has 2 amide bonds. The lowest BCUT2D eigenvalue weighted by atomic mass is 10.2. The van der Waals surface area contributed by atoms with E-state index in [9.17, 15) is 18.0 Å². The van der Waals surface area contributed by atoms with Gasteiger partial charge in [-0.15, -0.1) is 0 Å². The molecule has 11 heteroatoms. The van der Waals surface area contributed by atoms with Gasteiger partial charge >= 0.3 is 0 Å². The van der Waals surface area contributed by atoms with E-state index in [-0.39, 0.29) is 23.3 Å². The highest BCUT2D eigenvalue weighted by Crippen LogP contribution is 2.16. The van der Waals surface area contributed by atoms with Crippen LogP contribution >= 0.6 is 0 Å². The summed E-state index contributed by atoms with van der Waals surface area (Å²) in [5.41, 5.74) is 1.47.